The van der Waals surface area contributed by atoms with E-state index in [9.17, 15) is 9.90 Å². The number of rotatable bonds is 7. The Morgan fingerprint density at radius 3 is 2.88 bits per heavy atom. The van der Waals surface area contributed by atoms with Crippen molar-refractivity contribution in [3.05, 3.63) is 47.3 Å². The van der Waals surface area contributed by atoms with Crippen molar-refractivity contribution in [3.63, 3.8) is 0 Å². The Labute approximate surface area is 143 Å². The highest BCUT2D eigenvalue weighted by Gasteiger charge is 2.19. The summed E-state index contributed by atoms with van der Waals surface area (Å²) >= 11 is 0. The fourth-order valence-electron chi connectivity index (χ4n) is 2.81. The molecule has 1 aromatic carbocycles. The number of hydrogen-bond donors (Lipinski definition) is 3. The van der Waals surface area contributed by atoms with Gasteiger partial charge in [0.05, 0.1) is 6.10 Å². The van der Waals surface area contributed by atoms with E-state index < -0.39 is 6.10 Å². The average Bonchev–Trinajstić information content (AvgIpc) is 2.59. The Morgan fingerprint density at radius 1 is 1.42 bits per heavy atom. The molecule has 0 spiro atoms. The molecule has 1 heterocycles. The van der Waals surface area contributed by atoms with Gasteiger partial charge in [-0.25, -0.2) is 0 Å². The number of aliphatic hydroxyl groups is 1. The van der Waals surface area contributed by atoms with Gasteiger partial charge < -0.3 is 15.7 Å². The first-order chi connectivity index (χ1) is 11.6. The van der Waals surface area contributed by atoms with Crippen LogP contribution in [0.2, 0.25) is 0 Å². The highest BCUT2D eigenvalue weighted by molar-refractivity contribution is 5.94. The van der Waals surface area contributed by atoms with Crippen molar-refractivity contribution in [1.29, 1.82) is 0 Å². The first kappa shape index (κ1) is 18.2. The number of nitrogens with zero attached hydrogens (tertiary/aromatic N) is 2. The maximum Gasteiger partial charge on any atom is 0.271 e. The predicted octanol–water partition coefficient (Wildman–Crippen LogP) is 0.673. The lowest BCUT2D eigenvalue weighted by Gasteiger charge is -2.30. The van der Waals surface area contributed by atoms with Crippen molar-refractivity contribution in [1.82, 2.24) is 15.5 Å². The molecule has 1 aromatic rings. The van der Waals surface area contributed by atoms with Crippen molar-refractivity contribution in [2.45, 2.75) is 26.0 Å². The minimum atomic E-state index is -0.611. The summed E-state index contributed by atoms with van der Waals surface area (Å²) in [7, 11) is 1.71. The summed E-state index contributed by atoms with van der Waals surface area (Å²) in [6.07, 6.45) is 3.48. The molecule has 0 saturated carbocycles. The monoisotopic (exact) mass is 330 g/mol. The zero-order valence-electron chi connectivity index (χ0n) is 14.3. The average molecular weight is 330 g/mol. The molecular formula is C18H26N4O2. The van der Waals surface area contributed by atoms with Crippen molar-refractivity contribution in [3.8, 4) is 0 Å². The number of amides is 1. The second kappa shape index (κ2) is 9.20. The molecule has 1 aliphatic heterocycles. The molecule has 1 amide bonds. The largest absolute Gasteiger partial charge is 0.392 e. The Balaban J connectivity index is 1.80. The molecule has 6 heteroatoms. The highest BCUT2D eigenvalue weighted by Crippen LogP contribution is 2.18. The summed E-state index contributed by atoms with van der Waals surface area (Å²) in [6.45, 7) is 4.26. The van der Waals surface area contributed by atoms with E-state index in [1.54, 1.807) is 20.2 Å². The van der Waals surface area contributed by atoms with Crippen LogP contribution in [0.3, 0.4) is 0 Å². The standard InChI is InChI=1S/C18H26N4O2/c1-3-20-17(11-19-2)18(24)21-10-16(23)13-22-9-8-14-6-4-5-7-15(14)12-22/h3-7,11,16,19,23H,8-10,12-13H2,1-2H3,(H,21,24)/b17-11-,20-3?/t16-/m1/s1. The summed E-state index contributed by atoms with van der Waals surface area (Å²) in [5, 5.41) is 15.7. The van der Waals surface area contributed by atoms with Crippen LogP contribution in [0, 0.1) is 0 Å². The van der Waals surface area contributed by atoms with Crippen LogP contribution < -0.4 is 10.6 Å². The van der Waals surface area contributed by atoms with Gasteiger partial charge in [-0.3, -0.25) is 14.7 Å². The summed E-state index contributed by atoms with van der Waals surface area (Å²) in [4.78, 5) is 18.2. The molecule has 0 fully saturated rings. The molecule has 2 rings (SSSR count). The highest BCUT2D eigenvalue weighted by atomic mass is 16.3. The fourth-order valence-corrected chi connectivity index (χ4v) is 2.81. The molecule has 0 bridgehead atoms. The van der Waals surface area contributed by atoms with Gasteiger partial charge in [0.2, 0.25) is 0 Å². The number of carbonyl (C=O) groups excluding carboxylic acids is 1. The molecule has 1 atom stereocenters. The molecule has 0 aromatic heterocycles. The quantitative estimate of drug-likeness (QED) is 0.507. The normalized spacial score (nSPS) is 16.7. The molecule has 0 saturated heterocycles. The Hall–Kier alpha value is -2.18. The Morgan fingerprint density at radius 2 is 2.17 bits per heavy atom. The molecule has 0 aliphatic carbocycles. The molecule has 3 N–H and O–H groups in total. The maximum atomic E-state index is 12.0. The third-order valence-corrected chi connectivity index (χ3v) is 3.96. The second-order valence-corrected chi connectivity index (χ2v) is 5.82. The molecular weight excluding hydrogens is 304 g/mol. The number of fused-ring (bicyclic) bond motifs is 1. The van der Waals surface area contributed by atoms with Gasteiger partial charge in [-0.15, -0.1) is 0 Å². The molecule has 24 heavy (non-hydrogen) atoms. The summed E-state index contributed by atoms with van der Waals surface area (Å²) < 4.78 is 0. The first-order valence-electron chi connectivity index (χ1n) is 8.25. The van der Waals surface area contributed by atoms with E-state index in [1.165, 1.54) is 17.3 Å². The molecule has 0 unspecified atom stereocenters. The number of aliphatic imine (C=N–C) groups is 1. The first-order valence-corrected chi connectivity index (χ1v) is 8.25. The third kappa shape index (κ3) is 5.18. The Bertz CT molecular complexity index is 613. The van der Waals surface area contributed by atoms with Crippen LogP contribution in [-0.2, 0) is 17.8 Å². The number of hydrogen-bond acceptors (Lipinski definition) is 5. The van der Waals surface area contributed by atoms with Crippen molar-refractivity contribution >= 4 is 12.1 Å². The van der Waals surface area contributed by atoms with E-state index >= 15 is 0 Å². The second-order valence-electron chi connectivity index (χ2n) is 5.82. The van der Waals surface area contributed by atoms with Crippen LogP contribution in [0.25, 0.3) is 0 Å². The summed E-state index contributed by atoms with van der Waals surface area (Å²) in [5.74, 6) is -0.300. The molecule has 1 aliphatic rings. The van der Waals surface area contributed by atoms with E-state index in [2.05, 4.69) is 38.7 Å². The Kier molecular flexibility index (Phi) is 6.96. The van der Waals surface area contributed by atoms with Crippen molar-refractivity contribution < 1.29 is 9.90 Å². The number of carbonyl (C=O) groups is 1. The van der Waals surface area contributed by atoms with Crippen LogP contribution in [0.4, 0.5) is 0 Å². The minimum Gasteiger partial charge on any atom is -0.392 e. The molecule has 0 radical (unpaired) electrons. The van der Waals surface area contributed by atoms with Crippen LogP contribution in [0.5, 0.6) is 0 Å². The maximum absolute atomic E-state index is 12.0. The lowest BCUT2D eigenvalue weighted by molar-refractivity contribution is -0.118. The lowest BCUT2D eigenvalue weighted by Crippen LogP contribution is -2.42. The van der Waals surface area contributed by atoms with Crippen LogP contribution in [-0.4, -0.2) is 54.9 Å². The minimum absolute atomic E-state index is 0.206. The molecule has 130 valence electrons. The van der Waals surface area contributed by atoms with Gasteiger partial charge in [-0.1, -0.05) is 24.3 Å². The van der Waals surface area contributed by atoms with Gasteiger partial charge in [-0.2, -0.15) is 0 Å². The van der Waals surface area contributed by atoms with Crippen LogP contribution >= 0.6 is 0 Å². The zero-order chi connectivity index (χ0) is 17.4. The van der Waals surface area contributed by atoms with Gasteiger partial charge in [0.1, 0.15) is 5.70 Å². The van der Waals surface area contributed by atoms with E-state index in [0.717, 1.165) is 19.5 Å². The van der Waals surface area contributed by atoms with Crippen molar-refractivity contribution in [2.24, 2.45) is 4.99 Å². The lowest BCUT2D eigenvalue weighted by atomic mass is 10.00. The number of β-amino-alcohol motifs (C(OH)–C–C–N with tert-alkyl or cyclic N) is 1. The zero-order valence-corrected chi connectivity index (χ0v) is 14.3. The van der Waals surface area contributed by atoms with Gasteiger partial charge in [0, 0.05) is 45.6 Å². The van der Waals surface area contributed by atoms with E-state index in [4.69, 9.17) is 0 Å². The van der Waals surface area contributed by atoms with Gasteiger partial charge in [0.15, 0.2) is 0 Å². The third-order valence-electron chi connectivity index (χ3n) is 3.96. The fraction of sp³-hybridized carbons (Fsp3) is 0.444. The topological polar surface area (TPSA) is 77.0 Å². The molecule has 6 nitrogen and oxygen atoms in total. The summed E-state index contributed by atoms with van der Waals surface area (Å²) in [5.41, 5.74) is 2.99. The number of aliphatic hydroxyl groups excluding tert-OH is 1. The van der Waals surface area contributed by atoms with E-state index in [-0.39, 0.29) is 12.5 Å². The number of benzene rings is 1. The SMILES string of the molecule is CC=N/C(=C\NC)C(=O)NC[C@@H](O)CN1CCc2ccccc2C1. The summed E-state index contributed by atoms with van der Waals surface area (Å²) in [6, 6.07) is 8.40. The van der Waals surface area contributed by atoms with Crippen molar-refractivity contribution in [2.75, 3.05) is 26.7 Å². The van der Waals surface area contributed by atoms with E-state index in [1.807, 2.05) is 6.07 Å². The van der Waals surface area contributed by atoms with Crippen LogP contribution in [0.15, 0.2) is 41.2 Å². The van der Waals surface area contributed by atoms with Gasteiger partial charge in [0.25, 0.3) is 5.91 Å². The van der Waals surface area contributed by atoms with Gasteiger partial charge in [-0.05, 0) is 24.5 Å². The smallest absolute Gasteiger partial charge is 0.271 e. The number of nitrogens with one attached hydrogen (secondary N) is 2. The van der Waals surface area contributed by atoms with Gasteiger partial charge >= 0.3 is 0 Å². The predicted molar refractivity (Wildman–Crippen MR) is 95.7 cm³/mol. The van der Waals surface area contributed by atoms with E-state index in [0.29, 0.717) is 12.2 Å². The van der Waals surface area contributed by atoms with Crippen LogP contribution in [0.1, 0.15) is 18.1 Å².